The van der Waals surface area contributed by atoms with E-state index < -0.39 is 17.4 Å². The summed E-state index contributed by atoms with van der Waals surface area (Å²) in [5.41, 5.74) is 0.840. The molecule has 24 heavy (non-hydrogen) atoms. The maximum atomic E-state index is 11.9. The fourth-order valence-electron chi connectivity index (χ4n) is 2.47. The van der Waals surface area contributed by atoms with Crippen molar-refractivity contribution in [3.63, 3.8) is 0 Å². The fourth-order valence-corrected chi connectivity index (χ4v) is 2.47. The Labute approximate surface area is 142 Å². The predicted molar refractivity (Wildman–Crippen MR) is 91.6 cm³/mol. The molecule has 0 fully saturated rings. The molecular formula is C19H26O5. The van der Waals surface area contributed by atoms with Crippen molar-refractivity contribution in [2.75, 3.05) is 0 Å². The van der Waals surface area contributed by atoms with Gasteiger partial charge in [-0.25, -0.2) is 0 Å². The minimum atomic E-state index is -1.62. The Morgan fingerprint density at radius 1 is 1.17 bits per heavy atom. The second kappa shape index (κ2) is 8.73. The van der Waals surface area contributed by atoms with Crippen LogP contribution in [0, 0.1) is 0 Å². The first-order valence-electron chi connectivity index (χ1n) is 8.15. The first-order chi connectivity index (χ1) is 11.1. The van der Waals surface area contributed by atoms with Gasteiger partial charge in [-0.2, -0.15) is 0 Å². The summed E-state index contributed by atoms with van der Waals surface area (Å²) >= 11 is 0. The molecule has 0 saturated heterocycles. The van der Waals surface area contributed by atoms with Crippen LogP contribution in [-0.2, 0) is 14.4 Å². The molecule has 1 aliphatic carbocycles. The van der Waals surface area contributed by atoms with Crippen LogP contribution in [0.1, 0.15) is 59.3 Å². The lowest BCUT2D eigenvalue weighted by Gasteiger charge is -2.27. The molecule has 1 aliphatic rings. The van der Waals surface area contributed by atoms with Crippen LogP contribution in [-0.4, -0.2) is 33.3 Å². The van der Waals surface area contributed by atoms with E-state index in [1.165, 1.54) is 6.08 Å². The van der Waals surface area contributed by atoms with E-state index >= 15 is 0 Å². The number of hydrogen-bond acceptors (Lipinski definition) is 4. The molecule has 5 heteroatoms. The van der Waals surface area contributed by atoms with Crippen molar-refractivity contribution in [1.29, 1.82) is 0 Å². The van der Waals surface area contributed by atoms with E-state index in [-0.39, 0.29) is 25.0 Å². The molecule has 2 N–H and O–H groups in total. The standard InChI is InChI=1S/C19H26O5/c1-13(7-8-18(22)23)5-4-6-14(2)9-10-19(24)12-16(20)15(3)11-17(19)21/h5,9,11,24H,4,6-8,10,12H2,1-3H3,(H,22,23)/t19-/m1/s1. The van der Waals surface area contributed by atoms with Crippen molar-refractivity contribution < 1.29 is 24.6 Å². The number of carbonyl (C=O) groups is 3. The quantitative estimate of drug-likeness (QED) is 0.665. The van der Waals surface area contributed by atoms with Gasteiger partial charge in [-0.15, -0.1) is 0 Å². The molecule has 0 heterocycles. The van der Waals surface area contributed by atoms with Gasteiger partial charge in [0.15, 0.2) is 11.6 Å². The highest BCUT2D eigenvalue weighted by atomic mass is 16.4. The molecule has 0 unspecified atom stereocenters. The summed E-state index contributed by atoms with van der Waals surface area (Å²) in [7, 11) is 0. The second-order valence-corrected chi connectivity index (χ2v) is 6.56. The molecule has 0 amide bonds. The number of hydrogen-bond donors (Lipinski definition) is 2. The number of Topliss-reactive ketones (excluding diaryl/α,β-unsaturated/α-hetero) is 1. The topological polar surface area (TPSA) is 91.7 Å². The van der Waals surface area contributed by atoms with Crippen LogP contribution in [0.2, 0.25) is 0 Å². The number of aliphatic carboxylic acids is 1. The maximum Gasteiger partial charge on any atom is 0.303 e. The molecule has 1 atom stereocenters. The van der Waals surface area contributed by atoms with Crippen LogP contribution in [0.25, 0.3) is 0 Å². The van der Waals surface area contributed by atoms with Gasteiger partial charge < -0.3 is 10.2 Å². The lowest BCUT2D eigenvalue weighted by atomic mass is 9.81. The van der Waals surface area contributed by atoms with E-state index in [1.807, 2.05) is 19.9 Å². The van der Waals surface area contributed by atoms with Gasteiger partial charge in [0.05, 0.1) is 0 Å². The van der Waals surface area contributed by atoms with Gasteiger partial charge in [0.1, 0.15) is 5.60 Å². The Morgan fingerprint density at radius 3 is 2.42 bits per heavy atom. The lowest BCUT2D eigenvalue weighted by Crippen LogP contribution is -2.42. The summed E-state index contributed by atoms with van der Waals surface area (Å²) in [4.78, 5) is 34.2. The number of ketones is 2. The molecule has 0 aliphatic heterocycles. The number of carbonyl (C=O) groups excluding carboxylic acids is 2. The molecular weight excluding hydrogens is 308 g/mol. The van der Waals surface area contributed by atoms with E-state index in [1.54, 1.807) is 13.0 Å². The zero-order valence-electron chi connectivity index (χ0n) is 14.6. The van der Waals surface area contributed by atoms with Gasteiger partial charge in [-0.3, -0.25) is 14.4 Å². The molecule has 0 spiro atoms. The Hall–Kier alpha value is -2.01. The first-order valence-corrected chi connectivity index (χ1v) is 8.15. The van der Waals surface area contributed by atoms with Gasteiger partial charge >= 0.3 is 5.97 Å². The summed E-state index contributed by atoms with van der Waals surface area (Å²) in [6, 6.07) is 0. The van der Waals surface area contributed by atoms with Crippen molar-refractivity contribution >= 4 is 17.5 Å². The summed E-state index contributed by atoms with van der Waals surface area (Å²) in [5, 5.41) is 19.0. The highest BCUT2D eigenvalue weighted by molar-refractivity contribution is 6.12. The maximum absolute atomic E-state index is 11.9. The van der Waals surface area contributed by atoms with Crippen LogP contribution in [0.15, 0.2) is 34.9 Å². The van der Waals surface area contributed by atoms with E-state index in [4.69, 9.17) is 5.11 Å². The van der Waals surface area contributed by atoms with Crippen LogP contribution in [0.4, 0.5) is 0 Å². The molecule has 0 bridgehead atoms. The monoisotopic (exact) mass is 334 g/mol. The summed E-state index contributed by atoms with van der Waals surface area (Å²) in [5.74, 6) is -1.41. The summed E-state index contributed by atoms with van der Waals surface area (Å²) in [6.07, 6.45) is 7.23. The highest BCUT2D eigenvalue weighted by Crippen LogP contribution is 2.26. The van der Waals surface area contributed by atoms with Crippen LogP contribution in [0.3, 0.4) is 0 Å². The van der Waals surface area contributed by atoms with Crippen LogP contribution < -0.4 is 0 Å². The van der Waals surface area contributed by atoms with Crippen molar-refractivity contribution in [3.8, 4) is 0 Å². The molecule has 0 aromatic rings. The van der Waals surface area contributed by atoms with Crippen molar-refractivity contribution in [3.05, 3.63) is 34.9 Å². The summed E-state index contributed by atoms with van der Waals surface area (Å²) < 4.78 is 0. The number of allylic oxidation sites excluding steroid dienone is 4. The third-order valence-corrected chi connectivity index (χ3v) is 4.25. The van der Waals surface area contributed by atoms with Crippen molar-refractivity contribution in [2.24, 2.45) is 0 Å². The summed E-state index contributed by atoms with van der Waals surface area (Å²) in [6.45, 7) is 5.41. The average molecular weight is 334 g/mol. The Kier molecular flexibility index (Phi) is 7.29. The van der Waals surface area contributed by atoms with Crippen molar-refractivity contribution in [1.82, 2.24) is 0 Å². The third-order valence-electron chi connectivity index (χ3n) is 4.25. The van der Waals surface area contributed by atoms with E-state index in [0.29, 0.717) is 12.0 Å². The molecule has 0 aromatic carbocycles. The van der Waals surface area contributed by atoms with Crippen LogP contribution >= 0.6 is 0 Å². The minimum absolute atomic E-state index is 0.132. The molecule has 0 saturated carbocycles. The predicted octanol–water partition coefficient (Wildman–Crippen LogP) is 3.13. The number of rotatable bonds is 8. The zero-order valence-corrected chi connectivity index (χ0v) is 14.6. The van der Waals surface area contributed by atoms with Crippen molar-refractivity contribution in [2.45, 2.75) is 64.9 Å². The fraction of sp³-hybridized carbons (Fsp3) is 0.526. The Balaban J connectivity index is 2.53. The number of carboxylic acids is 1. The molecule has 5 nitrogen and oxygen atoms in total. The molecule has 132 valence electrons. The zero-order chi connectivity index (χ0) is 18.3. The largest absolute Gasteiger partial charge is 0.481 e. The third kappa shape index (κ3) is 6.24. The SMILES string of the molecule is CC(=CC[C@@]1(O)CC(=O)C(C)=CC1=O)CCC=C(C)CCC(=O)O. The van der Waals surface area contributed by atoms with Gasteiger partial charge in [0.25, 0.3) is 0 Å². The Bertz CT molecular complexity index is 609. The van der Waals surface area contributed by atoms with Gasteiger partial charge in [0, 0.05) is 19.3 Å². The smallest absolute Gasteiger partial charge is 0.303 e. The lowest BCUT2D eigenvalue weighted by molar-refractivity contribution is -0.139. The number of aliphatic hydroxyl groups is 1. The average Bonchev–Trinajstić information content (AvgIpc) is 2.49. The van der Waals surface area contributed by atoms with Gasteiger partial charge in [-0.1, -0.05) is 23.3 Å². The normalized spacial score (nSPS) is 22.6. The van der Waals surface area contributed by atoms with E-state index in [9.17, 15) is 19.5 Å². The minimum Gasteiger partial charge on any atom is -0.481 e. The second-order valence-electron chi connectivity index (χ2n) is 6.56. The first kappa shape index (κ1) is 20.0. The molecule has 0 radical (unpaired) electrons. The van der Waals surface area contributed by atoms with E-state index in [0.717, 1.165) is 24.0 Å². The number of carboxylic acid groups (broad SMARTS) is 1. The molecule has 0 aromatic heterocycles. The van der Waals surface area contributed by atoms with Crippen LogP contribution in [0.5, 0.6) is 0 Å². The Morgan fingerprint density at radius 2 is 1.79 bits per heavy atom. The molecule has 1 rings (SSSR count). The highest BCUT2D eigenvalue weighted by Gasteiger charge is 2.39. The van der Waals surface area contributed by atoms with E-state index in [2.05, 4.69) is 0 Å². The van der Waals surface area contributed by atoms with Gasteiger partial charge in [-0.05, 0) is 51.7 Å². The van der Waals surface area contributed by atoms with Gasteiger partial charge in [0.2, 0.25) is 0 Å².